The highest BCUT2D eigenvalue weighted by Crippen LogP contribution is 2.19. The molecule has 0 bridgehead atoms. The molecule has 2 saturated heterocycles. The summed E-state index contributed by atoms with van der Waals surface area (Å²) in [4.78, 5) is 42.0. The van der Waals surface area contributed by atoms with Crippen LogP contribution in [0.2, 0.25) is 0 Å². The minimum absolute atomic E-state index is 0.0634. The number of carbonyl (C=O) groups is 3. The number of likely N-dealkylation sites (N-methyl/N-ethyl adjacent to an activating group) is 1. The van der Waals surface area contributed by atoms with Crippen molar-refractivity contribution in [3.63, 3.8) is 0 Å². The molecule has 8 nitrogen and oxygen atoms in total. The third-order valence-corrected chi connectivity index (χ3v) is 5.45. The number of furan rings is 1. The molecule has 1 aromatic heterocycles. The second-order valence-corrected chi connectivity index (χ2v) is 7.82. The molecule has 1 atom stereocenters. The van der Waals surface area contributed by atoms with Crippen LogP contribution < -0.4 is 5.32 Å². The van der Waals surface area contributed by atoms with Crippen molar-refractivity contribution in [2.75, 3.05) is 46.3 Å². The van der Waals surface area contributed by atoms with Gasteiger partial charge in [-0.15, -0.1) is 0 Å². The van der Waals surface area contributed by atoms with Crippen LogP contribution in [0.3, 0.4) is 0 Å². The number of likely N-dealkylation sites (tertiary alicyclic amines) is 1. The van der Waals surface area contributed by atoms with Gasteiger partial charge >= 0.3 is 6.03 Å². The molecule has 28 heavy (non-hydrogen) atoms. The Morgan fingerprint density at radius 3 is 2.82 bits per heavy atom. The van der Waals surface area contributed by atoms with Crippen LogP contribution >= 0.6 is 0 Å². The second kappa shape index (κ2) is 9.12. The summed E-state index contributed by atoms with van der Waals surface area (Å²) in [6.07, 6.45) is 3.06. The predicted molar refractivity (Wildman–Crippen MR) is 104 cm³/mol. The Bertz CT molecular complexity index is 717. The van der Waals surface area contributed by atoms with Crippen molar-refractivity contribution >= 4 is 17.8 Å². The standard InChI is InChI=1S/C20H30N4O4/c1-15-6-7-17(28-15)11-18(25)23-9-3-5-16(13-23)12-22(2)19(26)14-24-10-4-8-21-20(24)27/h6-7,16H,3-5,8-14H2,1-2H3,(H,21,27). The molecule has 0 aromatic carbocycles. The largest absolute Gasteiger partial charge is 0.466 e. The van der Waals surface area contributed by atoms with Crippen LogP contribution in [0, 0.1) is 12.8 Å². The number of urea groups is 1. The third kappa shape index (κ3) is 5.27. The van der Waals surface area contributed by atoms with E-state index in [1.165, 1.54) is 0 Å². The Hall–Kier alpha value is -2.51. The third-order valence-electron chi connectivity index (χ3n) is 5.45. The van der Waals surface area contributed by atoms with E-state index in [0.29, 0.717) is 31.9 Å². The van der Waals surface area contributed by atoms with Gasteiger partial charge in [0, 0.05) is 39.8 Å². The van der Waals surface area contributed by atoms with E-state index in [1.54, 1.807) is 16.8 Å². The molecule has 1 unspecified atom stereocenters. The number of nitrogens with one attached hydrogen (secondary N) is 1. The lowest BCUT2D eigenvalue weighted by atomic mass is 9.97. The monoisotopic (exact) mass is 390 g/mol. The van der Waals surface area contributed by atoms with Crippen LogP contribution in [0.5, 0.6) is 0 Å². The fourth-order valence-corrected chi connectivity index (χ4v) is 3.88. The molecule has 0 spiro atoms. The number of hydrogen-bond acceptors (Lipinski definition) is 4. The summed E-state index contributed by atoms with van der Waals surface area (Å²) in [7, 11) is 1.77. The molecule has 0 saturated carbocycles. The van der Waals surface area contributed by atoms with Gasteiger partial charge in [0.25, 0.3) is 0 Å². The van der Waals surface area contributed by atoms with E-state index in [9.17, 15) is 14.4 Å². The van der Waals surface area contributed by atoms with E-state index in [1.807, 2.05) is 24.0 Å². The van der Waals surface area contributed by atoms with Crippen molar-refractivity contribution in [3.8, 4) is 0 Å². The van der Waals surface area contributed by atoms with Gasteiger partial charge < -0.3 is 24.4 Å². The van der Waals surface area contributed by atoms with Gasteiger partial charge in [0.1, 0.15) is 18.1 Å². The minimum Gasteiger partial charge on any atom is -0.466 e. The molecule has 4 amide bonds. The molecule has 0 aliphatic carbocycles. The van der Waals surface area contributed by atoms with Gasteiger partial charge in [0.2, 0.25) is 11.8 Å². The zero-order valence-corrected chi connectivity index (χ0v) is 16.8. The maximum absolute atomic E-state index is 12.6. The first-order valence-corrected chi connectivity index (χ1v) is 10.0. The fourth-order valence-electron chi connectivity index (χ4n) is 3.88. The van der Waals surface area contributed by atoms with E-state index < -0.39 is 0 Å². The van der Waals surface area contributed by atoms with Gasteiger partial charge in [-0.3, -0.25) is 9.59 Å². The number of amides is 4. The first-order valence-electron chi connectivity index (χ1n) is 10.0. The van der Waals surface area contributed by atoms with E-state index >= 15 is 0 Å². The maximum atomic E-state index is 12.6. The lowest BCUT2D eigenvalue weighted by molar-refractivity contribution is -0.133. The Kier molecular flexibility index (Phi) is 6.59. The number of nitrogens with zero attached hydrogens (tertiary/aromatic N) is 3. The van der Waals surface area contributed by atoms with Crippen LogP contribution in [-0.2, 0) is 16.0 Å². The molecule has 1 aromatic rings. The predicted octanol–water partition coefficient (Wildman–Crippen LogP) is 1.24. The summed E-state index contributed by atoms with van der Waals surface area (Å²) in [5.41, 5.74) is 0. The zero-order valence-electron chi connectivity index (χ0n) is 16.8. The Balaban J connectivity index is 1.47. The van der Waals surface area contributed by atoms with Gasteiger partial charge in [-0.2, -0.15) is 0 Å². The molecule has 0 radical (unpaired) electrons. The summed E-state index contributed by atoms with van der Waals surface area (Å²) < 4.78 is 5.51. The van der Waals surface area contributed by atoms with E-state index in [-0.39, 0.29) is 36.7 Å². The molecular weight excluding hydrogens is 360 g/mol. The van der Waals surface area contributed by atoms with E-state index in [0.717, 1.165) is 31.6 Å². The number of hydrogen-bond donors (Lipinski definition) is 1. The Morgan fingerprint density at radius 1 is 1.29 bits per heavy atom. The van der Waals surface area contributed by atoms with Gasteiger partial charge in [-0.1, -0.05) is 0 Å². The van der Waals surface area contributed by atoms with Crippen molar-refractivity contribution < 1.29 is 18.8 Å². The highest BCUT2D eigenvalue weighted by atomic mass is 16.3. The van der Waals surface area contributed by atoms with Crippen molar-refractivity contribution in [1.82, 2.24) is 20.0 Å². The molecule has 3 rings (SSSR count). The average molecular weight is 390 g/mol. The lowest BCUT2D eigenvalue weighted by Gasteiger charge is -2.35. The summed E-state index contributed by atoms with van der Waals surface area (Å²) in [6.45, 7) is 5.26. The topological polar surface area (TPSA) is 86.1 Å². The number of piperidine rings is 1. The van der Waals surface area contributed by atoms with Crippen molar-refractivity contribution in [3.05, 3.63) is 23.7 Å². The minimum atomic E-state index is -0.171. The van der Waals surface area contributed by atoms with Crippen molar-refractivity contribution in [2.45, 2.75) is 32.6 Å². The molecule has 3 heterocycles. The average Bonchev–Trinajstić information content (AvgIpc) is 3.08. The summed E-state index contributed by atoms with van der Waals surface area (Å²) in [6, 6.07) is 3.54. The molecule has 154 valence electrons. The zero-order chi connectivity index (χ0) is 20.1. The number of rotatable bonds is 6. The molecular formula is C20H30N4O4. The molecule has 2 aliphatic heterocycles. The smallest absolute Gasteiger partial charge is 0.317 e. The van der Waals surface area contributed by atoms with Gasteiger partial charge in [-0.25, -0.2) is 4.79 Å². The first kappa shape index (κ1) is 20.2. The van der Waals surface area contributed by atoms with Gasteiger partial charge in [-0.05, 0) is 44.2 Å². The normalized spacial score (nSPS) is 20.1. The SMILES string of the molecule is Cc1ccc(CC(=O)N2CCCC(CN(C)C(=O)CN3CCCNC3=O)C2)o1. The van der Waals surface area contributed by atoms with Crippen LogP contribution in [0.25, 0.3) is 0 Å². The van der Waals surface area contributed by atoms with Crippen LogP contribution in [0.4, 0.5) is 4.79 Å². The van der Waals surface area contributed by atoms with E-state index in [4.69, 9.17) is 4.42 Å². The maximum Gasteiger partial charge on any atom is 0.317 e. The van der Waals surface area contributed by atoms with Gasteiger partial charge in [0.05, 0.1) is 6.42 Å². The van der Waals surface area contributed by atoms with Gasteiger partial charge in [0.15, 0.2) is 0 Å². The fraction of sp³-hybridized carbons (Fsp3) is 0.650. The lowest BCUT2D eigenvalue weighted by Crippen LogP contribution is -2.51. The van der Waals surface area contributed by atoms with Crippen LogP contribution in [0.1, 0.15) is 30.8 Å². The first-order chi connectivity index (χ1) is 13.4. The highest BCUT2D eigenvalue weighted by molar-refractivity contribution is 5.84. The number of aryl methyl sites for hydroxylation is 1. The molecule has 2 aliphatic rings. The number of carbonyl (C=O) groups excluding carboxylic acids is 3. The van der Waals surface area contributed by atoms with E-state index in [2.05, 4.69) is 5.32 Å². The summed E-state index contributed by atoms with van der Waals surface area (Å²) in [5, 5.41) is 2.76. The Labute approximate surface area is 165 Å². The summed E-state index contributed by atoms with van der Waals surface area (Å²) in [5.74, 6) is 1.75. The van der Waals surface area contributed by atoms with Crippen molar-refractivity contribution in [1.29, 1.82) is 0 Å². The molecule has 2 fully saturated rings. The summed E-state index contributed by atoms with van der Waals surface area (Å²) >= 11 is 0. The Morgan fingerprint density at radius 2 is 2.11 bits per heavy atom. The van der Waals surface area contributed by atoms with Crippen LogP contribution in [0.15, 0.2) is 16.5 Å². The van der Waals surface area contributed by atoms with Crippen LogP contribution in [-0.4, -0.2) is 78.9 Å². The quantitative estimate of drug-likeness (QED) is 0.792. The second-order valence-electron chi connectivity index (χ2n) is 7.82. The highest BCUT2D eigenvalue weighted by Gasteiger charge is 2.27. The molecule has 1 N–H and O–H groups in total. The molecule has 8 heteroatoms. The van der Waals surface area contributed by atoms with Crippen molar-refractivity contribution in [2.24, 2.45) is 5.92 Å².